The number of nitrogens with one attached hydrogen (secondary N) is 1. The lowest BCUT2D eigenvalue weighted by atomic mass is 10.1. The van der Waals surface area contributed by atoms with E-state index in [0.717, 1.165) is 53.3 Å². The smallest absolute Gasteiger partial charge is 0.322 e. The first-order chi connectivity index (χ1) is 18.4. The van der Waals surface area contributed by atoms with Crippen LogP contribution in [0.4, 0.5) is 14.9 Å². The number of amides is 3. The van der Waals surface area contributed by atoms with Crippen LogP contribution in [-0.4, -0.2) is 59.4 Å². The third kappa shape index (κ3) is 7.88. The van der Waals surface area contributed by atoms with Gasteiger partial charge in [0.2, 0.25) is 5.91 Å². The number of aryl methyl sites for hydroxylation is 2. The number of thiophene rings is 1. The minimum atomic E-state index is -0.308. The molecule has 1 fully saturated rings. The average Bonchev–Trinajstić information content (AvgIpc) is 3.59. The minimum Gasteiger partial charge on any atom is -0.332 e. The van der Waals surface area contributed by atoms with Crippen LogP contribution in [0.2, 0.25) is 0 Å². The van der Waals surface area contributed by atoms with Crippen LogP contribution in [0.25, 0.3) is 0 Å². The number of rotatable bonds is 11. The summed E-state index contributed by atoms with van der Waals surface area (Å²) < 4.78 is 13.5. The summed E-state index contributed by atoms with van der Waals surface area (Å²) >= 11 is 1.61. The summed E-state index contributed by atoms with van der Waals surface area (Å²) in [5.41, 5.74) is 3.84. The van der Waals surface area contributed by atoms with Crippen LogP contribution >= 0.6 is 11.3 Å². The molecule has 0 radical (unpaired) electrons. The topological polar surface area (TPSA) is 55.9 Å². The molecule has 3 aromatic rings. The van der Waals surface area contributed by atoms with Crippen LogP contribution in [-0.2, 0) is 24.3 Å². The normalized spacial score (nSPS) is 13.4. The molecule has 38 heavy (non-hydrogen) atoms. The number of urea groups is 1. The van der Waals surface area contributed by atoms with Gasteiger partial charge in [-0.15, -0.1) is 11.3 Å². The number of carbonyl (C=O) groups excluding carboxylic acids is 2. The fraction of sp³-hybridized carbons (Fsp3) is 0.400. The zero-order chi connectivity index (χ0) is 26.9. The van der Waals surface area contributed by atoms with Gasteiger partial charge in [0.05, 0.1) is 6.54 Å². The zero-order valence-electron chi connectivity index (χ0n) is 22.3. The Bertz CT molecular complexity index is 1210. The molecule has 1 N–H and O–H groups in total. The fourth-order valence-electron chi connectivity index (χ4n) is 4.64. The van der Waals surface area contributed by atoms with Gasteiger partial charge in [0.25, 0.3) is 0 Å². The Morgan fingerprint density at radius 2 is 1.76 bits per heavy atom. The average molecular weight is 537 g/mol. The summed E-state index contributed by atoms with van der Waals surface area (Å²) in [4.78, 5) is 34.0. The van der Waals surface area contributed by atoms with Gasteiger partial charge in [-0.3, -0.25) is 4.79 Å². The summed E-state index contributed by atoms with van der Waals surface area (Å²) in [6.45, 7) is 8.12. The van der Waals surface area contributed by atoms with E-state index in [1.54, 1.807) is 33.3 Å². The third-order valence-corrected chi connectivity index (χ3v) is 8.03. The van der Waals surface area contributed by atoms with Crippen molar-refractivity contribution in [2.24, 2.45) is 0 Å². The quantitative estimate of drug-likeness (QED) is 0.331. The summed E-state index contributed by atoms with van der Waals surface area (Å²) in [7, 11) is 0. The minimum absolute atomic E-state index is 0.0290. The maximum atomic E-state index is 13.7. The van der Waals surface area contributed by atoms with Crippen molar-refractivity contribution in [1.29, 1.82) is 0 Å². The zero-order valence-corrected chi connectivity index (χ0v) is 23.1. The number of likely N-dealkylation sites (tertiary alicyclic amines) is 1. The van der Waals surface area contributed by atoms with Crippen molar-refractivity contribution >= 4 is 29.0 Å². The van der Waals surface area contributed by atoms with Gasteiger partial charge in [0.15, 0.2) is 0 Å². The highest BCUT2D eigenvalue weighted by atomic mass is 32.1. The van der Waals surface area contributed by atoms with Crippen molar-refractivity contribution in [3.8, 4) is 0 Å². The lowest BCUT2D eigenvalue weighted by molar-refractivity contribution is -0.133. The van der Waals surface area contributed by atoms with Gasteiger partial charge in [-0.1, -0.05) is 31.2 Å². The molecule has 0 aliphatic carbocycles. The van der Waals surface area contributed by atoms with Gasteiger partial charge in [-0.25, -0.2) is 9.18 Å². The van der Waals surface area contributed by atoms with E-state index < -0.39 is 0 Å². The monoisotopic (exact) mass is 536 g/mol. The van der Waals surface area contributed by atoms with Crippen LogP contribution in [0, 0.1) is 12.7 Å². The van der Waals surface area contributed by atoms with Crippen LogP contribution in [0.5, 0.6) is 0 Å². The largest absolute Gasteiger partial charge is 0.332 e. The summed E-state index contributed by atoms with van der Waals surface area (Å²) in [5, 5.41) is 5.02. The Morgan fingerprint density at radius 3 is 2.45 bits per heavy atom. The van der Waals surface area contributed by atoms with E-state index in [-0.39, 0.29) is 24.3 Å². The molecule has 0 atom stereocenters. The molecule has 1 aliphatic rings. The lowest BCUT2D eigenvalue weighted by Crippen LogP contribution is -2.46. The van der Waals surface area contributed by atoms with Crippen molar-refractivity contribution < 1.29 is 14.0 Å². The van der Waals surface area contributed by atoms with Crippen molar-refractivity contribution in [1.82, 2.24) is 14.7 Å². The molecule has 202 valence electrons. The van der Waals surface area contributed by atoms with Crippen LogP contribution in [0.15, 0.2) is 60.0 Å². The van der Waals surface area contributed by atoms with Crippen molar-refractivity contribution in [3.05, 3.63) is 87.4 Å². The van der Waals surface area contributed by atoms with Gasteiger partial charge in [0.1, 0.15) is 12.4 Å². The van der Waals surface area contributed by atoms with E-state index in [4.69, 9.17) is 0 Å². The van der Waals surface area contributed by atoms with Gasteiger partial charge in [0, 0.05) is 30.2 Å². The Morgan fingerprint density at radius 1 is 1.00 bits per heavy atom. The number of benzene rings is 2. The first-order valence-electron chi connectivity index (χ1n) is 13.3. The summed E-state index contributed by atoms with van der Waals surface area (Å²) in [5.74, 6) is -0.446. The predicted molar refractivity (Wildman–Crippen MR) is 152 cm³/mol. The summed E-state index contributed by atoms with van der Waals surface area (Å²) in [6.07, 6.45) is 3.21. The first kappa shape index (κ1) is 27.8. The van der Waals surface area contributed by atoms with Gasteiger partial charge >= 0.3 is 6.03 Å². The standard InChI is InChI=1S/C30H37FN4O2S/c1-3-24-7-6-8-27(19-24)32-30(37)34(17-16-33-14-4-5-15-33)22-29(36)35(21-28-23(2)13-18-38-28)20-25-9-11-26(31)12-10-25/h6-13,18-19H,3-5,14-17,20-22H2,1-2H3,(H,32,37). The predicted octanol–water partition coefficient (Wildman–Crippen LogP) is 5.92. The van der Waals surface area contributed by atoms with Crippen LogP contribution in [0.1, 0.15) is 41.3 Å². The Kier molecular flexibility index (Phi) is 9.90. The van der Waals surface area contributed by atoms with Crippen molar-refractivity contribution in [3.63, 3.8) is 0 Å². The molecule has 0 bridgehead atoms. The van der Waals surface area contributed by atoms with E-state index in [9.17, 15) is 14.0 Å². The van der Waals surface area contributed by atoms with E-state index in [1.807, 2.05) is 42.6 Å². The highest BCUT2D eigenvalue weighted by Crippen LogP contribution is 2.20. The number of nitrogens with zero attached hydrogens (tertiary/aromatic N) is 3. The number of anilines is 1. The second-order valence-corrected chi connectivity index (χ2v) is 10.9. The van der Waals surface area contributed by atoms with Crippen molar-refractivity contribution in [2.45, 2.75) is 46.2 Å². The maximum Gasteiger partial charge on any atom is 0.322 e. The van der Waals surface area contributed by atoms with Gasteiger partial charge in [-0.05, 0) is 91.7 Å². The lowest BCUT2D eigenvalue weighted by Gasteiger charge is -2.29. The summed E-state index contributed by atoms with van der Waals surface area (Å²) in [6, 6.07) is 15.8. The van der Waals surface area contributed by atoms with Crippen molar-refractivity contribution in [2.75, 3.05) is 38.0 Å². The molecule has 0 unspecified atom stereocenters. The highest BCUT2D eigenvalue weighted by molar-refractivity contribution is 7.10. The Balaban J connectivity index is 1.51. The molecular weight excluding hydrogens is 499 g/mol. The Hall–Kier alpha value is -3.23. The molecule has 2 aromatic carbocycles. The number of halogens is 1. The van der Waals surface area contributed by atoms with Crippen LogP contribution < -0.4 is 5.32 Å². The SMILES string of the molecule is CCc1cccc(NC(=O)N(CCN2CCCC2)CC(=O)N(Cc2ccc(F)cc2)Cc2sccc2C)c1. The number of hydrogen-bond acceptors (Lipinski definition) is 4. The molecule has 0 spiro atoms. The maximum absolute atomic E-state index is 13.7. The molecule has 3 amide bonds. The Labute approximate surface area is 229 Å². The number of carbonyl (C=O) groups is 2. The van der Waals surface area contributed by atoms with Gasteiger partial charge < -0.3 is 20.0 Å². The van der Waals surface area contributed by atoms with E-state index in [0.29, 0.717) is 19.6 Å². The van der Waals surface area contributed by atoms with E-state index in [2.05, 4.69) is 17.1 Å². The van der Waals surface area contributed by atoms with E-state index in [1.165, 1.54) is 25.0 Å². The molecule has 2 heterocycles. The molecule has 1 aliphatic heterocycles. The fourth-order valence-corrected chi connectivity index (χ4v) is 5.56. The molecule has 0 saturated carbocycles. The van der Waals surface area contributed by atoms with Gasteiger partial charge in [-0.2, -0.15) is 0 Å². The molecule has 1 aromatic heterocycles. The molecule has 6 nitrogen and oxygen atoms in total. The van der Waals surface area contributed by atoms with E-state index >= 15 is 0 Å². The molecule has 8 heteroatoms. The number of hydrogen-bond donors (Lipinski definition) is 1. The van der Waals surface area contributed by atoms with Crippen LogP contribution in [0.3, 0.4) is 0 Å². The highest BCUT2D eigenvalue weighted by Gasteiger charge is 2.24. The molecular formula is C30H37FN4O2S. The second kappa shape index (κ2) is 13.5. The molecule has 4 rings (SSSR count). The molecule has 1 saturated heterocycles. The first-order valence-corrected chi connectivity index (χ1v) is 14.2. The third-order valence-electron chi connectivity index (χ3n) is 7.03. The second-order valence-electron chi connectivity index (χ2n) is 9.86.